The Morgan fingerprint density at radius 2 is 1.64 bits per heavy atom. The number of hydrogen-bond acceptors (Lipinski definition) is 4. The van der Waals surface area contributed by atoms with Crippen molar-refractivity contribution in [1.82, 2.24) is 4.90 Å². The molecule has 0 fully saturated rings. The van der Waals surface area contributed by atoms with Crippen LogP contribution >= 0.6 is 0 Å². The predicted octanol–water partition coefficient (Wildman–Crippen LogP) is 2.16. The number of primary amides is 1. The van der Waals surface area contributed by atoms with E-state index in [1.807, 2.05) is 42.5 Å². The zero-order chi connectivity index (χ0) is 20.5. The standard InChI is InChI=1S/C21H24N2O5/c1-28-14-13-23(18(20(22)26)11-12-19(24)25)21(27)17-9-7-16(8-10-17)15-5-3-2-4-6-15/h2-10,18H,11-14H2,1H3,(H2,22,26)(H,24,25)/t18-/m0/s1. The van der Waals surface area contributed by atoms with Gasteiger partial charge in [0.1, 0.15) is 6.04 Å². The van der Waals surface area contributed by atoms with E-state index in [0.29, 0.717) is 5.56 Å². The van der Waals surface area contributed by atoms with E-state index in [2.05, 4.69) is 0 Å². The van der Waals surface area contributed by atoms with Crippen molar-refractivity contribution in [3.63, 3.8) is 0 Å². The highest BCUT2D eigenvalue weighted by Gasteiger charge is 2.29. The number of nitrogens with two attached hydrogens (primary N) is 1. The number of carboxylic acids is 1. The molecular formula is C21H24N2O5. The summed E-state index contributed by atoms with van der Waals surface area (Å²) in [6.07, 6.45) is -0.320. The van der Waals surface area contributed by atoms with Crippen molar-refractivity contribution in [2.45, 2.75) is 18.9 Å². The number of carboxylic acid groups (broad SMARTS) is 1. The van der Waals surface area contributed by atoms with Gasteiger partial charge in [0.05, 0.1) is 6.61 Å². The summed E-state index contributed by atoms with van der Waals surface area (Å²) < 4.78 is 5.03. The summed E-state index contributed by atoms with van der Waals surface area (Å²) in [5.41, 5.74) is 7.81. The molecule has 0 unspecified atom stereocenters. The van der Waals surface area contributed by atoms with Crippen LogP contribution in [0.2, 0.25) is 0 Å². The average Bonchev–Trinajstić information content (AvgIpc) is 2.70. The summed E-state index contributed by atoms with van der Waals surface area (Å²) in [5, 5.41) is 8.92. The number of carbonyl (C=O) groups excluding carboxylic acids is 2. The predicted molar refractivity (Wildman–Crippen MR) is 105 cm³/mol. The SMILES string of the molecule is COCCN(C(=O)c1ccc(-c2ccccc2)cc1)[C@@H](CCC(=O)O)C(N)=O. The molecule has 28 heavy (non-hydrogen) atoms. The summed E-state index contributed by atoms with van der Waals surface area (Å²) in [7, 11) is 1.48. The third kappa shape index (κ3) is 5.65. The number of nitrogens with zero attached hydrogens (tertiary/aromatic N) is 1. The van der Waals surface area contributed by atoms with Crippen LogP contribution in [0, 0.1) is 0 Å². The highest BCUT2D eigenvalue weighted by molar-refractivity contribution is 5.97. The normalized spacial score (nSPS) is 11.6. The Kier molecular flexibility index (Phi) is 7.71. The molecule has 0 heterocycles. The fraction of sp³-hybridized carbons (Fsp3) is 0.286. The van der Waals surface area contributed by atoms with Gasteiger partial charge in [-0.2, -0.15) is 0 Å². The summed E-state index contributed by atoms with van der Waals surface area (Å²) in [5.74, 6) is -2.20. The Bertz CT molecular complexity index is 805. The minimum Gasteiger partial charge on any atom is -0.481 e. The Balaban J connectivity index is 2.25. The second-order valence-electron chi connectivity index (χ2n) is 6.29. The van der Waals surface area contributed by atoms with Crippen LogP contribution in [0.1, 0.15) is 23.2 Å². The van der Waals surface area contributed by atoms with Crippen molar-refractivity contribution in [1.29, 1.82) is 0 Å². The van der Waals surface area contributed by atoms with Crippen LogP contribution in [0.25, 0.3) is 11.1 Å². The van der Waals surface area contributed by atoms with E-state index in [1.54, 1.807) is 12.1 Å². The molecule has 0 aliphatic rings. The lowest BCUT2D eigenvalue weighted by atomic mass is 10.0. The molecule has 0 radical (unpaired) electrons. The number of methoxy groups -OCH3 is 1. The number of hydrogen-bond donors (Lipinski definition) is 2. The van der Waals surface area contributed by atoms with Gasteiger partial charge in [0.15, 0.2) is 0 Å². The molecule has 0 saturated carbocycles. The van der Waals surface area contributed by atoms with Gasteiger partial charge in [-0.3, -0.25) is 14.4 Å². The highest BCUT2D eigenvalue weighted by Crippen LogP contribution is 2.21. The van der Waals surface area contributed by atoms with Gasteiger partial charge in [-0.1, -0.05) is 42.5 Å². The Morgan fingerprint density at radius 1 is 1.04 bits per heavy atom. The van der Waals surface area contributed by atoms with Gasteiger partial charge in [0.2, 0.25) is 5.91 Å². The van der Waals surface area contributed by atoms with Crippen LogP contribution in [-0.4, -0.2) is 54.1 Å². The maximum atomic E-state index is 13.0. The molecule has 2 aromatic rings. The summed E-state index contributed by atoms with van der Waals surface area (Å²) in [6.45, 7) is 0.327. The molecule has 148 valence electrons. The van der Waals surface area contributed by atoms with Crippen molar-refractivity contribution in [3.8, 4) is 11.1 Å². The molecule has 1 atom stereocenters. The van der Waals surface area contributed by atoms with Crippen LogP contribution in [0.15, 0.2) is 54.6 Å². The fourth-order valence-electron chi connectivity index (χ4n) is 2.90. The smallest absolute Gasteiger partial charge is 0.303 e. The number of benzene rings is 2. The molecule has 0 aliphatic carbocycles. The van der Waals surface area contributed by atoms with Crippen molar-refractivity contribution in [2.75, 3.05) is 20.3 Å². The van der Waals surface area contributed by atoms with Gasteiger partial charge in [0.25, 0.3) is 5.91 Å². The molecule has 7 nitrogen and oxygen atoms in total. The molecule has 0 spiro atoms. The van der Waals surface area contributed by atoms with Crippen molar-refractivity contribution >= 4 is 17.8 Å². The third-order valence-corrected chi connectivity index (χ3v) is 4.37. The van der Waals surface area contributed by atoms with E-state index < -0.39 is 23.8 Å². The quantitative estimate of drug-likeness (QED) is 0.652. The van der Waals surface area contributed by atoms with Crippen LogP contribution in [0.4, 0.5) is 0 Å². The number of aliphatic carboxylic acids is 1. The number of ether oxygens (including phenoxy) is 1. The molecule has 2 aromatic carbocycles. The molecule has 2 amide bonds. The first-order valence-electron chi connectivity index (χ1n) is 8.90. The first-order valence-corrected chi connectivity index (χ1v) is 8.90. The molecule has 7 heteroatoms. The average molecular weight is 384 g/mol. The molecule has 0 bridgehead atoms. The van der Waals surface area contributed by atoms with Gasteiger partial charge >= 0.3 is 5.97 Å². The van der Waals surface area contributed by atoms with Crippen LogP contribution in [0.3, 0.4) is 0 Å². The van der Waals surface area contributed by atoms with Crippen LogP contribution in [-0.2, 0) is 14.3 Å². The van der Waals surface area contributed by atoms with Crippen LogP contribution in [0.5, 0.6) is 0 Å². The maximum Gasteiger partial charge on any atom is 0.303 e. The Hall–Kier alpha value is -3.19. The van der Waals surface area contributed by atoms with Gasteiger partial charge in [-0.25, -0.2) is 0 Å². The van der Waals surface area contributed by atoms with Crippen molar-refractivity contribution in [3.05, 3.63) is 60.2 Å². The topological polar surface area (TPSA) is 110 Å². The first-order chi connectivity index (χ1) is 13.4. The van der Waals surface area contributed by atoms with E-state index in [1.165, 1.54) is 12.0 Å². The lowest BCUT2D eigenvalue weighted by Gasteiger charge is -2.29. The van der Waals surface area contributed by atoms with Crippen molar-refractivity contribution in [2.24, 2.45) is 5.73 Å². The minimum atomic E-state index is -1.06. The Morgan fingerprint density at radius 3 is 2.18 bits per heavy atom. The molecule has 0 saturated heterocycles. The number of rotatable bonds is 10. The monoisotopic (exact) mass is 384 g/mol. The second kappa shape index (κ2) is 10.2. The van der Waals surface area contributed by atoms with E-state index >= 15 is 0 Å². The molecular weight excluding hydrogens is 360 g/mol. The maximum absolute atomic E-state index is 13.0. The van der Waals surface area contributed by atoms with Crippen molar-refractivity contribution < 1.29 is 24.2 Å². The van der Waals surface area contributed by atoms with E-state index in [4.69, 9.17) is 15.6 Å². The zero-order valence-electron chi connectivity index (χ0n) is 15.7. The lowest BCUT2D eigenvalue weighted by Crippen LogP contribution is -2.49. The van der Waals surface area contributed by atoms with Crippen LogP contribution < -0.4 is 5.73 Å². The van der Waals surface area contributed by atoms with E-state index in [0.717, 1.165) is 11.1 Å². The summed E-state index contributed by atoms with van der Waals surface area (Å²) >= 11 is 0. The molecule has 2 rings (SSSR count). The summed E-state index contributed by atoms with van der Waals surface area (Å²) in [4.78, 5) is 37.1. The zero-order valence-corrected chi connectivity index (χ0v) is 15.7. The second-order valence-corrected chi connectivity index (χ2v) is 6.29. The molecule has 0 aromatic heterocycles. The van der Waals surface area contributed by atoms with Gasteiger partial charge in [-0.15, -0.1) is 0 Å². The number of amides is 2. The fourth-order valence-corrected chi connectivity index (χ4v) is 2.90. The number of carbonyl (C=O) groups is 3. The van der Waals surface area contributed by atoms with Gasteiger partial charge in [0, 0.05) is 25.6 Å². The highest BCUT2D eigenvalue weighted by atomic mass is 16.5. The van der Waals surface area contributed by atoms with Gasteiger partial charge in [-0.05, 0) is 29.7 Å². The lowest BCUT2D eigenvalue weighted by molar-refractivity contribution is -0.137. The Labute approximate surface area is 163 Å². The molecule has 3 N–H and O–H groups in total. The minimum absolute atomic E-state index is 0.0534. The van der Waals surface area contributed by atoms with Gasteiger partial charge < -0.3 is 20.5 Å². The largest absolute Gasteiger partial charge is 0.481 e. The first kappa shape index (κ1) is 21.1. The van der Waals surface area contributed by atoms with E-state index in [-0.39, 0.29) is 26.0 Å². The summed E-state index contributed by atoms with van der Waals surface area (Å²) in [6, 6.07) is 15.7. The third-order valence-electron chi connectivity index (χ3n) is 4.37. The van der Waals surface area contributed by atoms with E-state index in [9.17, 15) is 14.4 Å². The molecule has 0 aliphatic heterocycles.